The first kappa shape index (κ1) is 15.9. The van der Waals surface area contributed by atoms with Crippen LogP contribution in [0.1, 0.15) is 4.88 Å². The van der Waals surface area contributed by atoms with Crippen molar-refractivity contribution in [1.82, 2.24) is 4.98 Å². The van der Waals surface area contributed by atoms with Gasteiger partial charge in [-0.15, -0.1) is 0 Å². The molecule has 0 spiro atoms. The fraction of sp³-hybridized carbons (Fsp3) is 0.357. The van der Waals surface area contributed by atoms with Crippen LogP contribution >= 0.6 is 11.3 Å². The van der Waals surface area contributed by atoms with Crippen molar-refractivity contribution in [1.29, 1.82) is 0 Å². The van der Waals surface area contributed by atoms with Crippen LogP contribution in [0.3, 0.4) is 0 Å². The van der Waals surface area contributed by atoms with E-state index in [1.165, 1.54) is 17.6 Å². The van der Waals surface area contributed by atoms with Gasteiger partial charge >= 0.3 is 0 Å². The summed E-state index contributed by atoms with van der Waals surface area (Å²) in [7, 11) is -1.20. The fourth-order valence-electron chi connectivity index (χ4n) is 1.83. The lowest BCUT2D eigenvalue weighted by Crippen LogP contribution is -2.24. The smallest absolute Gasteiger partial charge is 0.185 e. The molecule has 114 valence electrons. The number of hydrogen-bond acceptors (Lipinski definition) is 6. The van der Waals surface area contributed by atoms with Gasteiger partial charge in [-0.2, -0.15) is 0 Å². The van der Waals surface area contributed by atoms with Crippen LogP contribution < -0.4 is 4.90 Å². The maximum atomic E-state index is 11.2. The molecule has 0 saturated heterocycles. The Morgan fingerprint density at radius 2 is 1.95 bits per heavy atom. The second kappa shape index (κ2) is 6.55. The van der Waals surface area contributed by atoms with Gasteiger partial charge in [-0.1, -0.05) is 41.7 Å². The first-order chi connectivity index (χ1) is 9.90. The zero-order valence-corrected chi connectivity index (χ0v) is 13.6. The van der Waals surface area contributed by atoms with Crippen LogP contribution in [0.4, 0.5) is 5.13 Å². The van der Waals surface area contributed by atoms with Gasteiger partial charge in [0.25, 0.3) is 0 Å². The molecule has 7 heteroatoms. The van der Waals surface area contributed by atoms with Crippen molar-refractivity contribution >= 4 is 26.3 Å². The Labute approximate surface area is 128 Å². The number of rotatable bonds is 6. The van der Waals surface area contributed by atoms with Crippen molar-refractivity contribution in [3.63, 3.8) is 0 Å². The molecule has 2 rings (SSSR count). The van der Waals surface area contributed by atoms with E-state index in [-0.39, 0.29) is 12.4 Å². The Balaban J connectivity index is 2.25. The fourth-order valence-corrected chi connectivity index (χ4v) is 3.36. The Morgan fingerprint density at radius 3 is 2.52 bits per heavy atom. The molecule has 1 aromatic carbocycles. The highest BCUT2D eigenvalue weighted by Gasteiger charge is 2.15. The van der Waals surface area contributed by atoms with Crippen molar-refractivity contribution in [3.05, 3.63) is 35.2 Å². The predicted molar refractivity (Wildman–Crippen MR) is 86.5 cm³/mol. The van der Waals surface area contributed by atoms with Crippen LogP contribution in [0, 0.1) is 0 Å². The summed E-state index contributed by atoms with van der Waals surface area (Å²) in [6.07, 6.45) is 1.22. The third-order valence-electron chi connectivity index (χ3n) is 3.00. The molecule has 0 aliphatic heterocycles. The first-order valence-corrected chi connectivity index (χ1v) is 9.33. The lowest BCUT2D eigenvalue weighted by molar-refractivity contribution is 0.286. The maximum absolute atomic E-state index is 11.2. The van der Waals surface area contributed by atoms with Gasteiger partial charge < -0.3 is 10.0 Å². The average molecular weight is 326 g/mol. The molecule has 0 radical (unpaired) electrons. The van der Waals surface area contributed by atoms with E-state index in [0.29, 0.717) is 11.7 Å². The van der Waals surface area contributed by atoms with E-state index in [1.807, 2.05) is 30.3 Å². The highest BCUT2D eigenvalue weighted by molar-refractivity contribution is 7.90. The van der Waals surface area contributed by atoms with Crippen molar-refractivity contribution in [2.24, 2.45) is 0 Å². The molecular formula is C14H18N2O3S2. The van der Waals surface area contributed by atoms with Crippen molar-refractivity contribution in [2.75, 3.05) is 30.5 Å². The highest BCUT2D eigenvalue weighted by atomic mass is 32.2. The molecule has 2 aromatic rings. The largest absolute Gasteiger partial charge is 0.391 e. The number of thiazole rings is 1. The van der Waals surface area contributed by atoms with Crippen LogP contribution in [0.2, 0.25) is 0 Å². The van der Waals surface area contributed by atoms with Gasteiger partial charge in [-0.05, 0) is 0 Å². The van der Waals surface area contributed by atoms with Gasteiger partial charge in [-0.3, -0.25) is 0 Å². The monoisotopic (exact) mass is 326 g/mol. The molecule has 0 amide bonds. The minimum atomic E-state index is -3.00. The number of benzene rings is 1. The summed E-state index contributed by atoms with van der Waals surface area (Å²) < 4.78 is 22.5. The average Bonchev–Trinajstić information content (AvgIpc) is 2.89. The normalized spacial score (nSPS) is 11.6. The highest BCUT2D eigenvalue weighted by Crippen LogP contribution is 2.32. The van der Waals surface area contributed by atoms with Gasteiger partial charge in [0.05, 0.1) is 22.9 Å². The molecule has 1 N–H and O–H groups in total. The van der Waals surface area contributed by atoms with Gasteiger partial charge in [0, 0.05) is 25.4 Å². The molecule has 21 heavy (non-hydrogen) atoms. The molecule has 5 nitrogen and oxygen atoms in total. The second-order valence-electron chi connectivity index (χ2n) is 4.84. The van der Waals surface area contributed by atoms with E-state index in [9.17, 15) is 13.5 Å². The standard InChI is InChI=1S/C14H18N2O3S2/c1-16(8-9-21(2,18)19)14-15-13(12(10-17)20-14)11-6-4-3-5-7-11/h3-7,17H,8-10H2,1-2H3. The van der Waals surface area contributed by atoms with Crippen LogP contribution in [0.5, 0.6) is 0 Å². The van der Waals surface area contributed by atoms with Gasteiger partial charge in [0.1, 0.15) is 9.84 Å². The number of aliphatic hydroxyl groups excluding tert-OH is 1. The number of nitrogens with zero attached hydrogens (tertiary/aromatic N) is 2. The van der Waals surface area contributed by atoms with Crippen LogP contribution in [0.15, 0.2) is 30.3 Å². The van der Waals surface area contributed by atoms with Gasteiger partial charge in [0.2, 0.25) is 0 Å². The third-order valence-corrected chi connectivity index (χ3v) is 5.08. The lowest BCUT2D eigenvalue weighted by atomic mass is 10.1. The van der Waals surface area contributed by atoms with E-state index >= 15 is 0 Å². The Hall–Kier alpha value is -1.44. The topological polar surface area (TPSA) is 70.5 Å². The van der Waals surface area contributed by atoms with Crippen molar-refractivity contribution in [2.45, 2.75) is 6.61 Å². The molecule has 0 unspecified atom stereocenters. The molecule has 1 heterocycles. The first-order valence-electron chi connectivity index (χ1n) is 6.45. The predicted octanol–water partition coefficient (Wildman–Crippen LogP) is 1.78. The summed E-state index contributed by atoms with van der Waals surface area (Å²) in [5.74, 6) is 0.0816. The summed E-state index contributed by atoms with van der Waals surface area (Å²) in [5, 5.41) is 10.2. The SMILES string of the molecule is CN(CCS(C)(=O)=O)c1nc(-c2ccccc2)c(CO)s1. The van der Waals surface area contributed by atoms with Crippen LogP contribution in [0.25, 0.3) is 11.3 Å². The maximum Gasteiger partial charge on any atom is 0.185 e. The molecule has 0 bridgehead atoms. The van der Waals surface area contributed by atoms with Crippen molar-refractivity contribution < 1.29 is 13.5 Å². The molecule has 0 fully saturated rings. The summed E-state index contributed by atoms with van der Waals surface area (Å²) in [4.78, 5) is 7.12. The second-order valence-corrected chi connectivity index (χ2v) is 8.17. The molecule has 0 atom stereocenters. The summed E-state index contributed by atoms with van der Waals surface area (Å²) >= 11 is 1.38. The molecule has 0 aliphatic carbocycles. The van der Waals surface area contributed by atoms with E-state index in [2.05, 4.69) is 4.98 Å². The zero-order valence-electron chi connectivity index (χ0n) is 12.0. The number of anilines is 1. The van der Waals surface area contributed by atoms with Crippen LogP contribution in [-0.2, 0) is 16.4 Å². The minimum Gasteiger partial charge on any atom is -0.391 e. The molecule has 0 saturated carbocycles. The lowest BCUT2D eigenvalue weighted by Gasteiger charge is -2.14. The Kier molecular flexibility index (Phi) is 4.97. The number of aliphatic hydroxyl groups is 1. The number of aromatic nitrogens is 1. The van der Waals surface area contributed by atoms with Gasteiger partial charge in [0.15, 0.2) is 5.13 Å². The number of sulfone groups is 1. The van der Waals surface area contributed by atoms with E-state index in [4.69, 9.17) is 0 Å². The summed E-state index contributed by atoms with van der Waals surface area (Å²) in [6.45, 7) is 0.299. The third kappa shape index (κ3) is 4.26. The Bertz CT molecular complexity index is 696. The molecular weight excluding hydrogens is 308 g/mol. The minimum absolute atomic E-state index is 0.0815. The van der Waals surface area contributed by atoms with E-state index in [0.717, 1.165) is 16.1 Å². The Morgan fingerprint density at radius 1 is 1.29 bits per heavy atom. The van der Waals surface area contributed by atoms with Crippen LogP contribution in [-0.4, -0.2) is 44.1 Å². The zero-order chi connectivity index (χ0) is 15.5. The summed E-state index contributed by atoms with van der Waals surface area (Å²) in [5.41, 5.74) is 1.70. The van der Waals surface area contributed by atoms with Crippen molar-refractivity contribution in [3.8, 4) is 11.3 Å². The molecule has 0 aliphatic rings. The number of hydrogen-bond donors (Lipinski definition) is 1. The van der Waals surface area contributed by atoms with E-state index in [1.54, 1.807) is 11.9 Å². The van der Waals surface area contributed by atoms with Gasteiger partial charge in [-0.25, -0.2) is 13.4 Å². The quantitative estimate of drug-likeness (QED) is 0.876. The van der Waals surface area contributed by atoms with E-state index < -0.39 is 9.84 Å². The molecule has 1 aromatic heterocycles. The summed E-state index contributed by atoms with van der Waals surface area (Å²) in [6, 6.07) is 9.64.